The molecule has 1 aromatic heterocycles. The Morgan fingerprint density at radius 1 is 0.538 bits per heavy atom. The average Bonchev–Trinajstić information content (AvgIpc) is 3.90. The number of aromatic amines is 1. The molecule has 0 spiro atoms. The van der Waals surface area contributed by atoms with Gasteiger partial charge in [-0.2, -0.15) is 0 Å². The van der Waals surface area contributed by atoms with Crippen LogP contribution in [0.1, 0.15) is 199 Å². The molecule has 23 heteroatoms. The zero-order chi connectivity index (χ0) is 57.9. The maximum absolute atomic E-state index is 12.7. The highest BCUT2D eigenvalue weighted by Gasteiger charge is 2.27. The van der Waals surface area contributed by atoms with Crippen LogP contribution in [0.2, 0.25) is 0 Å². The van der Waals surface area contributed by atoms with E-state index in [1.807, 2.05) is 0 Å². The Hall–Kier alpha value is -5.94. The normalized spacial score (nSPS) is 13.1. The molecule has 1 heterocycles. The third-order valence-electron chi connectivity index (χ3n) is 13.4. The number of Topliss-reactive ketones (excluding diaryl/α,β-unsaturated/α-hetero) is 4. The maximum atomic E-state index is 12.7. The molecule has 0 saturated carbocycles. The van der Waals surface area contributed by atoms with Crippen molar-refractivity contribution in [2.45, 2.75) is 218 Å². The molecule has 5 atom stereocenters. The van der Waals surface area contributed by atoms with Crippen molar-refractivity contribution in [3.63, 3.8) is 0 Å². The van der Waals surface area contributed by atoms with Gasteiger partial charge in [0.05, 0.1) is 31.5 Å². The van der Waals surface area contributed by atoms with Crippen molar-refractivity contribution < 1.29 is 82.6 Å². The van der Waals surface area contributed by atoms with Gasteiger partial charge in [0.2, 0.25) is 17.7 Å². The van der Waals surface area contributed by atoms with Gasteiger partial charge in [-0.15, -0.1) is 0 Å². The van der Waals surface area contributed by atoms with Gasteiger partial charge in [0.25, 0.3) is 0 Å². The molecule has 1 unspecified atom stereocenters. The number of amides is 3. The van der Waals surface area contributed by atoms with E-state index in [1.165, 1.54) is 45.4 Å². The van der Waals surface area contributed by atoms with Gasteiger partial charge in [-0.3, -0.25) is 43.2 Å². The molecule has 3 amide bonds. The van der Waals surface area contributed by atoms with Crippen molar-refractivity contribution in [2.24, 2.45) is 17.6 Å². The number of carboxylic acids is 4. The molecule has 0 aliphatic rings. The average molecular weight is 1110 g/mol. The summed E-state index contributed by atoms with van der Waals surface area (Å²) >= 11 is 0. The van der Waals surface area contributed by atoms with Crippen LogP contribution in [0.5, 0.6) is 0 Å². The number of rotatable bonds is 53. The molecule has 0 aliphatic carbocycles. The van der Waals surface area contributed by atoms with Gasteiger partial charge in [-0.1, -0.05) is 83.5 Å². The minimum atomic E-state index is -1.46. The molecular formula is C55H90N6O17. The maximum Gasteiger partial charge on any atom is 0.326 e. The number of carbonyl (C=O) groups is 11. The summed E-state index contributed by atoms with van der Waals surface area (Å²) in [5.74, 6) is -9.08. The van der Waals surface area contributed by atoms with E-state index in [-0.39, 0.29) is 120 Å². The minimum absolute atomic E-state index is 0.00347. The van der Waals surface area contributed by atoms with Crippen LogP contribution >= 0.6 is 0 Å². The lowest BCUT2D eigenvalue weighted by Gasteiger charge is -2.16. The first-order chi connectivity index (χ1) is 37.3. The number of hydrogen-bond acceptors (Lipinski definition) is 15. The number of ketones is 4. The van der Waals surface area contributed by atoms with Crippen molar-refractivity contribution in [1.29, 1.82) is 0 Å². The fraction of sp³-hybridized carbons (Fsp3) is 0.745. The van der Waals surface area contributed by atoms with E-state index < -0.39 is 84.5 Å². The van der Waals surface area contributed by atoms with Crippen molar-refractivity contribution in [1.82, 2.24) is 25.9 Å². The molecule has 0 saturated heterocycles. The number of nitrogens with zero attached hydrogens (tertiary/aromatic N) is 1. The Morgan fingerprint density at radius 2 is 1.09 bits per heavy atom. The van der Waals surface area contributed by atoms with Gasteiger partial charge < -0.3 is 56.6 Å². The van der Waals surface area contributed by atoms with Crippen LogP contribution in [-0.4, -0.2) is 146 Å². The van der Waals surface area contributed by atoms with Crippen LogP contribution in [-0.2, 0) is 68.6 Å². The van der Waals surface area contributed by atoms with Crippen LogP contribution in [0.3, 0.4) is 0 Å². The fourth-order valence-electron chi connectivity index (χ4n) is 8.61. The number of H-pyrrole nitrogens is 1. The lowest BCUT2D eigenvalue weighted by molar-refractivity contribution is -0.145. The highest BCUT2D eigenvalue weighted by Crippen LogP contribution is 2.19. The van der Waals surface area contributed by atoms with Crippen LogP contribution in [0.4, 0.5) is 0 Å². The van der Waals surface area contributed by atoms with Crippen LogP contribution in [0, 0.1) is 11.8 Å². The number of ether oxygens (including phenoxy) is 2. The number of aliphatic carboxylic acids is 4. The van der Waals surface area contributed by atoms with Crippen LogP contribution in [0.15, 0.2) is 12.5 Å². The molecule has 23 nitrogen and oxygen atoms in total. The highest BCUT2D eigenvalue weighted by atomic mass is 16.5. The summed E-state index contributed by atoms with van der Waals surface area (Å²) in [4.78, 5) is 140. The summed E-state index contributed by atoms with van der Waals surface area (Å²) in [6, 6.07) is -3.41. The molecule has 78 heavy (non-hydrogen) atoms. The van der Waals surface area contributed by atoms with Crippen molar-refractivity contribution in [3.05, 3.63) is 18.2 Å². The molecule has 1 rings (SSSR count). The summed E-state index contributed by atoms with van der Waals surface area (Å²) < 4.78 is 10.7. The zero-order valence-electron chi connectivity index (χ0n) is 45.9. The number of carbonyl (C=O) groups excluding carboxylic acids is 7. The van der Waals surface area contributed by atoms with Gasteiger partial charge in [0.15, 0.2) is 5.78 Å². The second-order valence-corrected chi connectivity index (χ2v) is 20.2. The van der Waals surface area contributed by atoms with Crippen LogP contribution < -0.4 is 21.7 Å². The van der Waals surface area contributed by atoms with Gasteiger partial charge in [-0.25, -0.2) is 14.6 Å². The first kappa shape index (κ1) is 70.1. The van der Waals surface area contributed by atoms with E-state index in [4.69, 9.17) is 20.3 Å². The topological polar surface area (TPSA) is 378 Å². The Balaban J connectivity index is 2.18. The van der Waals surface area contributed by atoms with E-state index in [0.717, 1.165) is 51.4 Å². The van der Waals surface area contributed by atoms with Crippen molar-refractivity contribution in [3.8, 4) is 0 Å². The van der Waals surface area contributed by atoms with Crippen molar-refractivity contribution in [2.75, 3.05) is 33.0 Å². The highest BCUT2D eigenvalue weighted by molar-refractivity contribution is 5.90. The summed E-state index contributed by atoms with van der Waals surface area (Å²) in [6.07, 6.45) is 18.9. The van der Waals surface area contributed by atoms with E-state index in [0.29, 0.717) is 37.8 Å². The lowest BCUT2D eigenvalue weighted by atomic mass is 9.90. The molecule has 0 aromatic carbocycles. The molecule has 0 aliphatic heterocycles. The first-order valence-corrected chi connectivity index (χ1v) is 28.0. The predicted octanol–water partition coefficient (Wildman–Crippen LogP) is 5.58. The number of nitrogens with one attached hydrogen (secondary N) is 4. The molecule has 1 aromatic rings. The number of nitrogens with two attached hydrogens (primary N) is 1. The fourth-order valence-corrected chi connectivity index (χ4v) is 8.61. The quantitative estimate of drug-likeness (QED) is 0.0359. The second-order valence-electron chi connectivity index (χ2n) is 20.2. The molecular weight excluding hydrogens is 1020 g/mol. The number of hydrogen-bond donors (Lipinski definition) is 9. The van der Waals surface area contributed by atoms with Gasteiger partial charge in [-0.05, 0) is 58.3 Å². The summed E-state index contributed by atoms with van der Waals surface area (Å²) in [7, 11) is 0. The summed E-state index contributed by atoms with van der Waals surface area (Å²) in [6.45, 7) is 1.33. The largest absolute Gasteiger partial charge is 0.481 e. The number of imidazole rings is 1. The standard InChI is InChI=1S/C55H90N6O17/c1-39(62)40(34-48(65)45(56)35-42-36-57-38-59-42)19-16-17-29-58-49(66)28-23-41(53(71)72)33-44(64)25-27-47(55(75)76)61-51(68)37-78-32-31-77-30-18-20-43(63)24-26-46(54(73)74)60-50(67)21-14-12-10-8-6-4-2-3-5-7-9-11-13-15-22-52(69)70/h36,38,40-41,45-47H,2-35,37,56H2,1H3,(H,57,59)(H,58,66)(H,60,67)(H,61,68)(H,69,70)(H,71,72)(H,73,74)(H,75,76)/t40-,41?,45+,46+,47+/m1/s1. The molecule has 0 radical (unpaired) electrons. The minimum Gasteiger partial charge on any atom is -0.481 e. The summed E-state index contributed by atoms with van der Waals surface area (Å²) in [5.41, 5.74) is 6.72. The van der Waals surface area contributed by atoms with E-state index in [9.17, 15) is 68.1 Å². The smallest absolute Gasteiger partial charge is 0.326 e. The number of aromatic nitrogens is 2. The van der Waals surface area contributed by atoms with E-state index in [1.54, 1.807) is 6.20 Å². The molecule has 10 N–H and O–H groups in total. The SMILES string of the molecule is CC(=O)[C@H](CCCCNC(=O)CCC(CC(=O)CC[C@H](NC(=O)COCCOCCCC(=O)CC[C@H](NC(=O)CCCCCCCCCCCCCCCCC(=O)O)C(=O)O)C(=O)O)C(=O)O)CC(=O)[C@@H](N)Cc1cnc[nH]1. The second kappa shape index (κ2) is 44.0. The third kappa shape index (κ3) is 37.8. The third-order valence-corrected chi connectivity index (χ3v) is 13.4. The van der Waals surface area contributed by atoms with Gasteiger partial charge in [0, 0.05) is 88.7 Å². The Kier molecular flexibility index (Phi) is 39.5. The predicted molar refractivity (Wildman–Crippen MR) is 286 cm³/mol. The van der Waals surface area contributed by atoms with Gasteiger partial charge in [0.1, 0.15) is 36.0 Å². The van der Waals surface area contributed by atoms with E-state index in [2.05, 4.69) is 25.9 Å². The molecule has 442 valence electrons. The lowest BCUT2D eigenvalue weighted by Crippen LogP contribution is -2.42. The van der Waals surface area contributed by atoms with Gasteiger partial charge >= 0.3 is 23.9 Å². The first-order valence-electron chi connectivity index (χ1n) is 28.0. The van der Waals surface area contributed by atoms with E-state index >= 15 is 0 Å². The Labute approximate surface area is 458 Å². The molecule has 0 bridgehead atoms. The van der Waals surface area contributed by atoms with Crippen molar-refractivity contribution >= 4 is 64.7 Å². The molecule has 0 fully saturated rings. The Morgan fingerprint density at radius 3 is 1.63 bits per heavy atom. The number of carboxylic acid groups (broad SMARTS) is 4. The zero-order valence-corrected chi connectivity index (χ0v) is 45.9. The number of unbranched alkanes of at least 4 members (excludes halogenated alkanes) is 14. The van der Waals surface area contributed by atoms with Crippen LogP contribution in [0.25, 0.3) is 0 Å². The monoisotopic (exact) mass is 1110 g/mol. The Bertz CT molecular complexity index is 1960. The summed E-state index contributed by atoms with van der Waals surface area (Å²) in [5, 5.41) is 45.0.